The number of hydrazone groups is 1. The van der Waals surface area contributed by atoms with Crippen molar-refractivity contribution < 1.29 is 27.8 Å². The predicted octanol–water partition coefficient (Wildman–Crippen LogP) is 2.28. The number of nitrogens with zero attached hydrogens (tertiary/aromatic N) is 3. The summed E-state index contributed by atoms with van der Waals surface area (Å²) in [5.41, 5.74) is -1.10. The number of esters is 1. The van der Waals surface area contributed by atoms with Gasteiger partial charge in [0.25, 0.3) is 0 Å². The van der Waals surface area contributed by atoms with Crippen LogP contribution < -0.4 is 4.74 Å². The fourth-order valence-corrected chi connectivity index (χ4v) is 2.60. The van der Waals surface area contributed by atoms with Crippen molar-refractivity contribution in [3.05, 3.63) is 29.3 Å². The molecule has 0 N–H and O–H groups in total. The first-order valence-electron chi connectivity index (χ1n) is 9.63. The van der Waals surface area contributed by atoms with Gasteiger partial charge >= 0.3 is 5.97 Å². The highest BCUT2D eigenvalue weighted by Gasteiger charge is 2.33. The minimum absolute atomic E-state index is 0.0467. The first-order chi connectivity index (χ1) is 13.8. The molecule has 0 unspecified atom stereocenters. The molecule has 1 aromatic rings. The minimum Gasteiger partial charge on any atom is -0.489 e. The lowest BCUT2D eigenvalue weighted by Crippen LogP contribution is -2.46. The number of hydrogen-bond donors (Lipinski definition) is 0. The molecule has 29 heavy (non-hydrogen) atoms. The number of morpholine rings is 1. The Morgan fingerprint density at radius 3 is 2.66 bits per heavy atom. The van der Waals surface area contributed by atoms with Crippen LogP contribution in [-0.4, -0.2) is 80.7 Å². The highest BCUT2D eigenvalue weighted by molar-refractivity contribution is 5.82. The lowest BCUT2D eigenvalue weighted by molar-refractivity contribution is -0.154. The lowest BCUT2D eigenvalue weighted by atomic mass is 10.1. The molecule has 1 aliphatic rings. The molecule has 1 aliphatic heterocycles. The van der Waals surface area contributed by atoms with Crippen LogP contribution in [0.4, 0.5) is 8.78 Å². The summed E-state index contributed by atoms with van der Waals surface area (Å²) >= 11 is 0. The van der Waals surface area contributed by atoms with Gasteiger partial charge in [-0.2, -0.15) is 9.49 Å². The van der Waals surface area contributed by atoms with Gasteiger partial charge in [0.2, 0.25) is 5.82 Å². The first kappa shape index (κ1) is 23.0. The molecule has 0 radical (unpaired) electrons. The molecule has 0 aromatic heterocycles. The van der Waals surface area contributed by atoms with Crippen molar-refractivity contribution in [2.24, 2.45) is 5.10 Å². The van der Waals surface area contributed by atoms with Gasteiger partial charge in [0.1, 0.15) is 12.1 Å². The molecule has 162 valence electrons. The normalized spacial score (nSPS) is 15.5. The third kappa shape index (κ3) is 6.11. The van der Waals surface area contributed by atoms with Crippen molar-refractivity contribution in [2.45, 2.75) is 26.3 Å². The summed E-state index contributed by atoms with van der Waals surface area (Å²) in [5, 5.41) is 5.41. The summed E-state index contributed by atoms with van der Waals surface area (Å²) in [6, 6.07) is 2.76. The number of ether oxygens (including phenoxy) is 3. The van der Waals surface area contributed by atoms with Crippen LogP contribution in [0.3, 0.4) is 0 Å². The summed E-state index contributed by atoms with van der Waals surface area (Å²) < 4.78 is 44.4. The Labute approximate surface area is 170 Å². The van der Waals surface area contributed by atoms with Gasteiger partial charge in [0.15, 0.2) is 11.6 Å². The average molecular weight is 413 g/mol. The molecule has 7 nitrogen and oxygen atoms in total. The second kappa shape index (κ2) is 10.5. The van der Waals surface area contributed by atoms with E-state index in [0.29, 0.717) is 19.8 Å². The minimum atomic E-state index is -1.07. The number of carbonyl (C=O) groups excluding carboxylic acids is 1. The Kier molecular flexibility index (Phi) is 8.33. The molecular formula is C20H29F2N3O4. The highest BCUT2D eigenvalue weighted by Crippen LogP contribution is 2.22. The van der Waals surface area contributed by atoms with E-state index >= 15 is 0 Å². The molecular weight excluding hydrogens is 384 g/mol. The standard InChI is InChI=1S/C20H29F2N3O4/c1-5-28-19(26)20(2,3)24(4)23-14-15-6-7-16(18(22)17(15)21)29-13-10-25-8-11-27-12-9-25/h6-7,14H,5,8-13H2,1-4H3/b23-14+. The topological polar surface area (TPSA) is 63.6 Å². The van der Waals surface area contributed by atoms with Gasteiger partial charge in [0.05, 0.1) is 26.0 Å². The van der Waals surface area contributed by atoms with Crippen LogP contribution >= 0.6 is 0 Å². The van der Waals surface area contributed by atoms with Gasteiger partial charge in [-0.15, -0.1) is 0 Å². The van der Waals surface area contributed by atoms with Crippen molar-refractivity contribution in [1.82, 2.24) is 9.91 Å². The van der Waals surface area contributed by atoms with Crippen LogP contribution in [-0.2, 0) is 14.3 Å². The van der Waals surface area contributed by atoms with Crippen LogP contribution in [0, 0.1) is 11.6 Å². The van der Waals surface area contributed by atoms with Crippen LogP contribution in [0.1, 0.15) is 26.3 Å². The van der Waals surface area contributed by atoms with E-state index in [1.165, 1.54) is 17.1 Å². The Morgan fingerprint density at radius 2 is 2.00 bits per heavy atom. The lowest BCUT2D eigenvalue weighted by Gasteiger charge is -2.30. The van der Waals surface area contributed by atoms with Gasteiger partial charge in [-0.25, -0.2) is 9.18 Å². The summed E-state index contributed by atoms with van der Waals surface area (Å²) in [4.78, 5) is 14.1. The SMILES string of the molecule is CCOC(=O)C(C)(C)N(C)/N=C/c1ccc(OCCN2CCOCC2)c(F)c1F. The fraction of sp³-hybridized carbons (Fsp3) is 0.600. The summed E-state index contributed by atoms with van der Waals surface area (Å²) in [6.45, 7) is 9.00. The number of carbonyl (C=O) groups is 1. The number of hydrogen-bond acceptors (Lipinski definition) is 7. The molecule has 0 aliphatic carbocycles. The molecule has 2 rings (SSSR count). The van der Waals surface area contributed by atoms with Crippen LogP contribution in [0.5, 0.6) is 5.75 Å². The number of rotatable bonds is 9. The van der Waals surface area contributed by atoms with Crippen molar-refractivity contribution in [1.29, 1.82) is 0 Å². The first-order valence-corrected chi connectivity index (χ1v) is 9.63. The zero-order chi connectivity index (χ0) is 21.4. The zero-order valence-electron chi connectivity index (χ0n) is 17.4. The Bertz CT molecular complexity index is 722. The second-order valence-electron chi connectivity index (χ2n) is 7.13. The quantitative estimate of drug-likeness (QED) is 0.352. The highest BCUT2D eigenvalue weighted by atomic mass is 19.2. The molecule has 0 spiro atoms. The van der Waals surface area contributed by atoms with E-state index in [1.54, 1.807) is 27.8 Å². The summed E-state index contributed by atoms with van der Waals surface area (Å²) in [6.07, 6.45) is 1.16. The maximum atomic E-state index is 14.4. The Balaban J connectivity index is 1.99. The number of benzene rings is 1. The van der Waals surface area contributed by atoms with Crippen molar-refractivity contribution >= 4 is 12.2 Å². The third-order valence-electron chi connectivity index (χ3n) is 4.80. The van der Waals surface area contributed by atoms with Crippen LogP contribution in [0.25, 0.3) is 0 Å². The van der Waals surface area contributed by atoms with Gasteiger partial charge in [-0.05, 0) is 32.9 Å². The molecule has 0 atom stereocenters. The zero-order valence-corrected chi connectivity index (χ0v) is 17.4. The molecule has 9 heteroatoms. The Morgan fingerprint density at radius 1 is 1.31 bits per heavy atom. The van der Waals surface area contributed by atoms with Crippen LogP contribution in [0.2, 0.25) is 0 Å². The maximum Gasteiger partial charge on any atom is 0.333 e. The fourth-order valence-electron chi connectivity index (χ4n) is 2.60. The molecule has 1 aromatic carbocycles. The van der Waals surface area contributed by atoms with Crippen molar-refractivity contribution in [2.75, 3.05) is 53.1 Å². The monoisotopic (exact) mass is 413 g/mol. The number of likely N-dealkylation sites (N-methyl/N-ethyl adjacent to an activating group) is 1. The predicted molar refractivity (Wildman–Crippen MR) is 105 cm³/mol. The van der Waals surface area contributed by atoms with E-state index in [-0.39, 0.29) is 24.5 Å². The van der Waals surface area contributed by atoms with Gasteiger partial charge in [-0.1, -0.05) is 0 Å². The largest absolute Gasteiger partial charge is 0.489 e. The number of halogens is 2. The molecule has 0 bridgehead atoms. The molecule has 1 saturated heterocycles. The second-order valence-corrected chi connectivity index (χ2v) is 7.13. The van der Waals surface area contributed by atoms with E-state index in [2.05, 4.69) is 10.0 Å². The van der Waals surface area contributed by atoms with E-state index in [4.69, 9.17) is 14.2 Å². The van der Waals surface area contributed by atoms with E-state index in [0.717, 1.165) is 19.3 Å². The van der Waals surface area contributed by atoms with Gasteiger partial charge in [-0.3, -0.25) is 9.91 Å². The van der Waals surface area contributed by atoms with Crippen LogP contribution in [0.15, 0.2) is 17.2 Å². The van der Waals surface area contributed by atoms with E-state index < -0.39 is 23.1 Å². The summed E-state index contributed by atoms with van der Waals surface area (Å²) in [7, 11) is 1.56. The van der Waals surface area contributed by atoms with Crippen molar-refractivity contribution in [3.63, 3.8) is 0 Å². The maximum absolute atomic E-state index is 14.4. The summed E-state index contributed by atoms with van der Waals surface area (Å²) in [5.74, 6) is -2.73. The Hall–Kier alpha value is -2.26. The van der Waals surface area contributed by atoms with Crippen molar-refractivity contribution in [3.8, 4) is 5.75 Å². The van der Waals surface area contributed by atoms with Gasteiger partial charge in [0, 0.05) is 32.2 Å². The smallest absolute Gasteiger partial charge is 0.333 e. The van der Waals surface area contributed by atoms with E-state index in [1.807, 2.05) is 0 Å². The molecule has 0 saturated carbocycles. The molecule has 1 heterocycles. The van der Waals surface area contributed by atoms with E-state index in [9.17, 15) is 13.6 Å². The molecule has 1 fully saturated rings. The van der Waals surface area contributed by atoms with Gasteiger partial charge < -0.3 is 14.2 Å². The average Bonchev–Trinajstić information content (AvgIpc) is 2.71. The molecule has 0 amide bonds. The third-order valence-corrected chi connectivity index (χ3v) is 4.80.